The van der Waals surface area contributed by atoms with Crippen LogP contribution in [-0.2, 0) is 0 Å². The van der Waals surface area contributed by atoms with Crippen molar-refractivity contribution >= 4 is 46.5 Å². The molecule has 0 fully saturated rings. The number of anilines is 4. The van der Waals surface area contributed by atoms with E-state index in [4.69, 9.17) is 0 Å². The number of hydrogen-bond acceptors (Lipinski definition) is 6. The summed E-state index contributed by atoms with van der Waals surface area (Å²) in [6.45, 7) is 5.00. The van der Waals surface area contributed by atoms with Crippen molar-refractivity contribution in [1.82, 2.24) is 10.6 Å². The Kier molecular flexibility index (Phi) is 6.98. The van der Waals surface area contributed by atoms with Gasteiger partial charge >= 0.3 is 12.1 Å². The van der Waals surface area contributed by atoms with Crippen LogP contribution in [0.5, 0.6) is 0 Å². The predicted molar refractivity (Wildman–Crippen MR) is 148 cm³/mol. The van der Waals surface area contributed by atoms with Crippen LogP contribution in [0.2, 0.25) is 0 Å². The first kappa shape index (κ1) is 23.9. The largest absolute Gasteiger partial charge is 0.368 e. The number of benzene rings is 3. The molecule has 37 heavy (non-hydrogen) atoms. The van der Waals surface area contributed by atoms with E-state index in [1.807, 2.05) is 55.5 Å². The molecule has 0 bridgehead atoms. The Bertz CT molecular complexity index is 1400. The number of nitrogens with zero attached hydrogens (tertiary/aromatic N) is 2. The number of aliphatic imine (C=N–C) groups is 2. The third-order valence-electron chi connectivity index (χ3n) is 5.87. The van der Waals surface area contributed by atoms with Gasteiger partial charge in [-0.25, -0.2) is 9.59 Å². The number of amides is 4. The van der Waals surface area contributed by atoms with E-state index in [1.165, 1.54) is 0 Å². The zero-order valence-corrected chi connectivity index (χ0v) is 20.4. The highest BCUT2D eigenvalue weighted by Crippen LogP contribution is 2.21. The van der Waals surface area contributed by atoms with E-state index in [9.17, 15) is 9.59 Å². The van der Waals surface area contributed by atoms with E-state index < -0.39 is 0 Å². The van der Waals surface area contributed by atoms with Crippen LogP contribution in [0.1, 0.15) is 16.7 Å². The lowest BCUT2D eigenvalue weighted by Crippen LogP contribution is -2.22. The molecule has 0 spiro atoms. The van der Waals surface area contributed by atoms with E-state index in [0.29, 0.717) is 22.7 Å². The first-order valence-corrected chi connectivity index (χ1v) is 12.1. The Balaban J connectivity index is 1.17. The average molecular weight is 497 g/mol. The van der Waals surface area contributed by atoms with Crippen molar-refractivity contribution in [3.05, 3.63) is 83.4 Å². The zero-order valence-electron chi connectivity index (χ0n) is 20.4. The SMILES string of the molecule is Cc1cc(NC(=O)Nc2cccc(C3=NCCN3)c2)ccc1NC(=O)Nc1cccc(C2=NCCN2)c1. The van der Waals surface area contributed by atoms with Crippen molar-refractivity contribution in [2.75, 3.05) is 47.4 Å². The van der Waals surface area contributed by atoms with Crippen molar-refractivity contribution in [3.8, 4) is 0 Å². The maximum Gasteiger partial charge on any atom is 0.323 e. The number of carbonyl (C=O) groups is 2. The lowest BCUT2D eigenvalue weighted by atomic mass is 10.1. The molecule has 10 nitrogen and oxygen atoms in total. The first-order valence-electron chi connectivity index (χ1n) is 12.1. The molecule has 0 radical (unpaired) electrons. The minimum atomic E-state index is -0.363. The molecule has 0 aromatic heterocycles. The molecule has 10 heteroatoms. The van der Waals surface area contributed by atoms with Gasteiger partial charge in [-0.3, -0.25) is 9.98 Å². The van der Waals surface area contributed by atoms with Crippen molar-refractivity contribution in [3.63, 3.8) is 0 Å². The van der Waals surface area contributed by atoms with E-state index in [1.54, 1.807) is 18.2 Å². The van der Waals surface area contributed by atoms with Crippen LogP contribution in [0, 0.1) is 6.92 Å². The number of rotatable bonds is 6. The van der Waals surface area contributed by atoms with Gasteiger partial charge in [-0.05, 0) is 55.0 Å². The maximum absolute atomic E-state index is 12.6. The van der Waals surface area contributed by atoms with Gasteiger partial charge in [-0.15, -0.1) is 0 Å². The molecule has 0 unspecified atom stereocenters. The van der Waals surface area contributed by atoms with Crippen LogP contribution in [0.15, 0.2) is 76.7 Å². The highest BCUT2D eigenvalue weighted by Gasteiger charge is 2.12. The molecule has 2 heterocycles. The number of urea groups is 2. The van der Waals surface area contributed by atoms with Gasteiger partial charge in [0.1, 0.15) is 11.7 Å². The number of hydrogen-bond donors (Lipinski definition) is 6. The Labute approximate surface area is 214 Å². The molecule has 0 saturated heterocycles. The smallest absolute Gasteiger partial charge is 0.323 e. The monoisotopic (exact) mass is 496 g/mol. The van der Waals surface area contributed by atoms with Gasteiger partial charge in [-0.1, -0.05) is 24.3 Å². The summed E-state index contributed by atoms with van der Waals surface area (Å²) in [7, 11) is 0. The lowest BCUT2D eigenvalue weighted by molar-refractivity contribution is 0.261. The summed E-state index contributed by atoms with van der Waals surface area (Å²) in [5.74, 6) is 1.67. The molecule has 0 atom stereocenters. The third kappa shape index (κ3) is 6.04. The summed E-state index contributed by atoms with van der Waals surface area (Å²) in [6.07, 6.45) is 0. The number of amidine groups is 2. The summed E-state index contributed by atoms with van der Waals surface area (Å²) in [5.41, 5.74) is 5.23. The Morgan fingerprint density at radius 2 is 1.19 bits per heavy atom. The van der Waals surface area contributed by atoms with Crippen LogP contribution in [0.3, 0.4) is 0 Å². The van der Waals surface area contributed by atoms with Gasteiger partial charge < -0.3 is 31.9 Å². The van der Waals surface area contributed by atoms with Crippen LogP contribution >= 0.6 is 0 Å². The summed E-state index contributed by atoms with van der Waals surface area (Å²) < 4.78 is 0. The Morgan fingerprint density at radius 3 is 1.68 bits per heavy atom. The van der Waals surface area contributed by atoms with E-state index in [-0.39, 0.29) is 12.1 Å². The molecule has 3 aromatic rings. The second kappa shape index (κ2) is 10.8. The van der Waals surface area contributed by atoms with Crippen molar-refractivity contribution < 1.29 is 9.59 Å². The summed E-state index contributed by atoms with van der Waals surface area (Å²) >= 11 is 0. The van der Waals surface area contributed by atoms with Crippen molar-refractivity contribution in [1.29, 1.82) is 0 Å². The van der Waals surface area contributed by atoms with Gasteiger partial charge in [0.15, 0.2) is 0 Å². The van der Waals surface area contributed by atoms with Crippen LogP contribution in [0.4, 0.5) is 32.3 Å². The van der Waals surface area contributed by atoms with Crippen molar-refractivity contribution in [2.45, 2.75) is 6.92 Å². The Hall–Kier alpha value is -4.86. The van der Waals surface area contributed by atoms with Gasteiger partial charge in [0.05, 0.1) is 13.1 Å². The lowest BCUT2D eigenvalue weighted by Gasteiger charge is -2.13. The molecule has 2 aliphatic rings. The molecular weight excluding hydrogens is 468 g/mol. The summed E-state index contributed by atoms with van der Waals surface area (Å²) in [5, 5.41) is 17.8. The zero-order chi connectivity index (χ0) is 25.6. The highest BCUT2D eigenvalue weighted by atomic mass is 16.2. The van der Waals surface area contributed by atoms with Crippen molar-refractivity contribution in [2.24, 2.45) is 9.98 Å². The quantitative estimate of drug-likeness (QED) is 0.308. The third-order valence-corrected chi connectivity index (χ3v) is 5.87. The second-order valence-electron chi connectivity index (χ2n) is 8.66. The Morgan fingerprint density at radius 1 is 0.676 bits per heavy atom. The average Bonchev–Trinajstić information content (AvgIpc) is 3.61. The minimum Gasteiger partial charge on any atom is -0.368 e. The van der Waals surface area contributed by atoms with Crippen LogP contribution < -0.4 is 31.9 Å². The fraction of sp³-hybridized carbons (Fsp3) is 0.185. The highest BCUT2D eigenvalue weighted by molar-refractivity contribution is 6.05. The van der Waals surface area contributed by atoms with Gasteiger partial charge in [-0.2, -0.15) is 0 Å². The molecule has 5 rings (SSSR count). The van der Waals surface area contributed by atoms with E-state index >= 15 is 0 Å². The molecule has 4 amide bonds. The standard InChI is InChI=1S/C27H28N8O2/c1-17-14-22(34-26(36)32-20-6-2-4-18(15-20)24-28-10-11-29-24)8-9-23(17)35-27(37)33-21-7-3-5-19(16-21)25-30-12-13-31-25/h2-9,14-16H,10-13H2,1H3,(H,28,29)(H,30,31)(H2,32,34,36)(H2,33,35,37). The van der Waals surface area contributed by atoms with E-state index in [2.05, 4.69) is 41.9 Å². The van der Waals surface area contributed by atoms with E-state index in [0.717, 1.165) is 54.5 Å². The predicted octanol–water partition coefficient (Wildman–Crippen LogP) is 3.98. The number of aryl methyl sites for hydroxylation is 1. The normalized spacial score (nSPS) is 14.1. The fourth-order valence-electron chi connectivity index (χ4n) is 4.13. The first-order chi connectivity index (χ1) is 18.0. The molecule has 3 aromatic carbocycles. The minimum absolute atomic E-state index is 0.360. The summed E-state index contributed by atoms with van der Waals surface area (Å²) in [4.78, 5) is 34.0. The fourth-order valence-corrected chi connectivity index (χ4v) is 4.13. The second-order valence-corrected chi connectivity index (χ2v) is 8.66. The maximum atomic E-state index is 12.6. The molecule has 188 valence electrons. The van der Waals surface area contributed by atoms with Gasteiger partial charge in [0.25, 0.3) is 0 Å². The molecule has 2 aliphatic heterocycles. The molecular formula is C27H28N8O2. The van der Waals surface area contributed by atoms with Gasteiger partial charge in [0.2, 0.25) is 0 Å². The number of nitrogens with one attached hydrogen (secondary N) is 6. The number of carbonyl (C=O) groups excluding carboxylic acids is 2. The molecule has 6 N–H and O–H groups in total. The van der Waals surface area contributed by atoms with Gasteiger partial charge in [0, 0.05) is 47.0 Å². The topological polar surface area (TPSA) is 131 Å². The summed E-state index contributed by atoms with van der Waals surface area (Å²) in [6, 6.07) is 19.6. The van der Waals surface area contributed by atoms with Crippen LogP contribution in [0.25, 0.3) is 0 Å². The molecule has 0 saturated carbocycles. The molecule has 0 aliphatic carbocycles. The van der Waals surface area contributed by atoms with Crippen LogP contribution in [-0.4, -0.2) is 49.9 Å².